The van der Waals surface area contributed by atoms with Gasteiger partial charge in [-0.3, -0.25) is 0 Å². The van der Waals surface area contributed by atoms with Crippen molar-refractivity contribution >= 4 is 0 Å². The van der Waals surface area contributed by atoms with Crippen LogP contribution < -0.4 is 5.32 Å². The highest BCUT2D eigenvalue weighted by atomic mass is 15.1. The van der Waals surface area contributed by atoms with Gasteiger partial charge in [0.1, 0.15) is 0 Å². The van der Waals surface area contributed by atoms with E-state index in [1.165, 1.54) is 64.0 Å². The summed E-state index contributed by atoms with van der Waals surface area (Å²) in [4.78, 5) is 2.72. The Morgan fingerprint density at radius 1 is 1.10 bits per heavy atom. The van der Waals surface area contributed by atoms with Crippen molar-refractivity contribution in [2.45, 2.75) is 44.9 Å². The molecule has 2 heterocycles. The summed E-state index contributed by atoms with van der Waals surface area (Å²) in [6.07, 6.45) is 6.59. The number of hydrogen-bond acceptors (Lipinski definition) is 2. The van der Waals surface area contributed by atoms with Crippen LogP contribution in [0.15, 0.2) is 24.3 Å². The maximum atomic E-state index is 3.47. The first-order chi connectivity index (χ1) is 10.3. The van der Waals surface area contributed by atoms with Crippen molar-refractivity contribution in [3.63, 3.8) is 0 Å². The number of hydrogen-bond donors (Lipinski definition) is 1. The molecule has 0 spiro atoms. The quantitative estimate of drug-likeness (QED) is 0.912. The first-order valence-electron chi connectivity index (χ1n) is 8.87. The standard InChI is InChI=1S/C19H30N2/c1-2-16-4-3-5-19(14-16)18-8-12-21(13-9-18)15-17-6-10-20-11-7-17/h3-5,14,17-18,20H,2,6-13,15H2,1H3. The Labute approximate surface area is 129 Å². The molecule has 2 saturated heterocycles. The van der Waals surface area contributed by atoms with Crippen LogP contribution in [-0.2, 0) is 6.42 Å². The van der Waals surface area contributed by atoms with Crippen molar-refractivity contribution < 1.29 is 0 Å². The molecular formula is C19H30N2. The molecule has 0 aliphatic carbocycles. The molecule has 21 heavy (non-hydrogen) atoms. The summed E-state index contributed by atoms with van der Waals surface area (Å²) in [6, 6.07) is 9.28. The molecule has 0 atom stereocenters. The van der Waals surface area contributed by atoms with Gasteiger partial charge in [0.15, 0.2) is 0 Å². The number of rotatable bonds is 4. The van der Waals surface area contributed by atoms with E-state index in [9.17, 15) is 0 Å². The Bertz CT molecular complexity index is 429. The summed E-state index contributed by atoms with van der Waals surface area (Å²) in [5, 5.41) is 3.47. The van der Waals surface area contributed by atoms with Gasteiger partial charge in [-0.05, 0) is 81.2 Å². The van der Waals surface area contributed by atoms with Gasteiger partial charge < -0.3 is 10.2 Å². The van der Waals surface area contributed by atoms with Crippen molar-refractivity contribution in [3.05, 3.63) is 35.4 Å². The van der Waals surface area contributed by atoms with Crippen molar-refractivity contribution in [2.24, 2.45) is 5.92 Å². The number of nitrogens with zero attached hydrogens (tertiary/aromatic N) is 1. The molecule has 116 valence electrons. The van der Waals surface area contributed by atoms with Gasteiger partial charge in [0.05, 0.1) is 0 Å². The third-order valence-corrected chi connectivity index (χ3v) is 5.39. The Kier molecular flexibility index (Phi) is 5.32. The van der Waals surface area contributed by atoms with E-state index in [0.717, 1.165) is 18.3 Å². The second-order valence-corrected chi connectivity index (χ2v) is 6.87. The zero-order valence-electron chi connectivity index (χ0n) is 13.5. The van der Waals surface area contributed by atoms with Crippen LogP contribution in [0.25, 0.3) is 0 Å². The van der Waals surface area contributed by atoms with E-state index in [0.29, 0.717) is 0 Å². The fraction of sp³-hybridized carbons (Fsp3) is 0.684. The largest absolute Gasteiger partial charge is 0.317 e. The molecule has 2 aliphatic rings. The predicted molar refractivity (Wildman–Crippen MR) is 89.8 cm³/mol. The highest BCUT2D eigenvalue weighted by Gasteiger charge is 2.23. The SMILES string of the molecule is CCc1cccc(C2CCN(CC3CCNCC3)CC2)c1. The van der Waals surface area contributed by atoms with Gasteiger partial charge >= 0.3 is 0 Å². The summed E-state index contributed by atoms with van der Waals surface area (Å²) < 4.78 is 0. The zero-order chi connectivity index (χ0) is 14.5. The molecule has 3 rings (SSSR count). The fourth-order valence-electron chi connectivity index (χ4n) is 3.95. The lowest BCUT2D eigenvalue weighted by Gasteiger charge is -2.35. The van der Waals surface area contributed by atoms with E-state index < -0.39 is 0 Å². The normalized spacial score (nSPS) is 22.5. The van der Waals surface area contributed by atoms with E-state index >= 15 is 0 Å². The molecule has 2 nitrogen and oxygen atoms in total. The minimum absolute atomic E-state index is 0.792. The van der Waals surface area contributed by atoms with Gasteiger partial charge in [-0.25, -0.2) is 0 Å². The molecule has 1 N–H and O–H groups in total. The van der Waals surface area contributed by atoms with E-state index in [1.807, 2.05) is 0 Å². The second kappa shape index (κ2) is 7.42. The molecule has 0 amide bonds. The van der Waals surface area contributed by atoms with Gasteiger partial charge in [-0.15, -0.1) is 0 Å². The van der Waals surface area contributed by atoms with Crippen molar-refractivity contribution in [1.82, 2.24) is 10.2 Å². The highest BCUT2D eigenvalue weighted by molar-refractivity contribution is 5.26. The average molecular weight is 286 g/mol. The Hall–Kier alpha value is -0.860. The van der Waals surface area contributed by atoms with Crippen LogP contribution in [0.4, 0.5) is 0 Å². The molecule has 1 aromatic rings. The second-order valence-electron chi connectivity index (χ2n) is 6.87. The van der Waals surface area contributed by atoms with Gasteiger partial charge in [-0.1, -0.05) is 31.2 Å². The summed E-state index contributed by atoms with van der Waals surface area (Å²) >= 11 is 0. The summed E-state index contributed by atoms with van der Waals surface area (Å²) in [7, 11) is 0. The van der Waals surface area contributed by atoms with E-state index in [4.69, 9.17) is 0 Å². The molecule has 0 radical (unpaired) electrons. The average Bonchev–Trinajstić information content (AvgIpc) is 2.56. The fourth-order valence-corrected chi connectivity index (χ4v) is 3.95. The first kappa shape index (κ1) is 15.1. The maximum absolute atomic E-state index is 3.47. The number of benzene rings is 1. The number of likely N-dealkylation sites (tertiary alicyclic amines) is 1. The van der Waals surface area contributed by atoms with Crippen LogP contribution in [0, 0.1) is 5.92 Å². The third-order valence-electron chi connectivity index (χ3n) is 5.39. The minimum Gasteiger partial charge on any atom is -0.317 e. The Morgan fingerprint density at radius 3 is 2.57 bits per heavy atom. The molecule has 0 saturated carbocycles. The topological polar surface area (TPSA) is 15.3 Å². The van der Waals surface area contributed by atoms with E-state index in [2.05, 4.69) is 41.4 Å². The number of nitrogens with one attached hydrogen (secondary N) is 1. The molecule has 1 aromatic carbocycles. The Morgan fingerprint density at radius 2 is 1.86 bits per heavy atom. The minimum atomic E-state index is 0.792. The molecule has 2 fully saturated rings. The lowest BCUT2D eigenvalue weighted by molar-refractivity contribution is 0.167. The molecular weight excluding hydrogens is 256 g/mol. The Balaban J connectivity index is 1.50. The van der Waals surface area contributed by atoms with Crippen molar-refractivity contribution in [2.75, 3.05) is 32.7 Å². The van der Waals surface area contributed by atoms with Crippen molar-refractivity contribution in [1.29, 1.82) is 0 Å². The number of aryl methyl sites for hydroxylation is 1. The predicted octanol–water partition coefficient (Wildman–Crippen LogP) is 3.43. The monoisotopic (exact) mass is 286 g/mol. The lowest BCUT2D eigenvalue weighted by atomic mass is 9.87. The summed E-state index contributed by atoms with van der Waals surface area (Å²) in [5.41, 5.74) is 3.07. The third kappa shape index (κ3) is 4.08. The van der Waals surface area contributed by atoms with Crippen LogP contribution in [-0.4, -0.2) is 37.6 Å². The van der Waals surface area contributed by atoms with Gasteiger partial charge in [-0.2, -0.15) is 0 Å². The first-order valence-corrected chi connectivity index (χ1v) is 8.87. The molecule has 0 unspecified atom stereocenters. The molecule has 2 heteroatoms. The van der Waals surface area contributed by atoms with E-state index in [-0.39, 0.29) is 0 Å². The van der Waals surface area contributed by atoms with Crippen LogP contribution in [0.5, 0.6) is 0 Å². The molecule has 0 bridgehead atoms. The number of piperidine rings is 2. The smallest absolute Gasteiger partial charge is 0.00106 e. The van der Waals surface area contributed by atoms with Gasteiger partial charge in [0.25, 0.3) is 0 Å². The van der Waals surface area contributed by atoms with Crippen LogP contribution in [0.1, 0.15) is 49.7 Å². The lowest BCUT2D eigenvalue weighted by Crippen LogP contribution is -2.39. The zero-order valence-corrected chi connectivity index (χ0v) is 13.5. The highest BCUT2D eigenvalue weighted by Crippen LogP contribution is 2.29. The summed E-state index contributed by atoms with van der Waals surface area (Å²) in [5.74, 6) is 1.73. The van der Waals surface area contributed by atoms with E-state index in [1.54, 1.807) is 5.56 Å². The van der Waals surface area contributed by atoms with Crippen LogP contribution >= 0.6 is 0 Å². The molecule has 0 aromatic heterocycles. The van der Waals surface area contributed by atoms with Crippen LogP contribution in [0.2, 0.25) is 0 Å². The van der Waals surface area contributed by atoms with Crippen molar-refractivity contribution in [3.8, 4) is 0 Å². The van der Waals surface area contributed by atoms with Crippen LogP contribution in [0.3, 0.4) is 0 Å². The van der Waals surface area contributed by atoms with Gasteiger partial charge in [0, 0.05) is 6.54 Å². The van der Waals surface area contributed by atoms with Gasteiger partial charge in [0.2, 0.25) is 0 Å². The maximum Gasteiger partial charge on any atom is 0.00106 e. The molecule has 2 aliphatic heterocycles. The summed E-state index contributed by atoms with van der Waals surface area (Å²) in [6.45, 7) is 8.63.